The molecule has 25 heavy (non-hydrogen) atoms. The van der Waals surface area contributed by atoms with Crippen LogP contribution >= 0.6 is 0 Å². The monoisotopic (exact) mass is 346 g/mol. The minimum absolute atomic E-state index is 0.226. The fraction of sp³-hybridized carbons (Fsp3) is 0.526. The average Bonchev–Trinajstić information content (AvgIpc) is 2.87. The van der Waals surface area contributed by atoms with Gasteiger partial charge in [-0.2, -0.15) is 5.10 Å². The molecular formula is C19H27FN4O. The maximum atomic E-state index is 13.2. The second-order valence-electron chi connectivity index (χ2n) is 6.92. The molecule has 136 valence electrons. The second kappa shape index (κ2) is 7.64. The van der Waals surface area contributed by atoms with E-state index in [4.69, 9.17) is 0 Å². The standard InChI is InChI=1S/C19H27FN4O/c1-14-19(13-23-10-9-22(3)18(12-23)8-11-25)15(2)24(21-14)17-6-4-16(20)5-7-17/h4-7,18,25H,8-13H2,1-3H3/t18-/m1/s1. The Morgan fingerprint density at radius 3 is 2.60 bits per heavy atom. The second-order valence-corrected chi connectivity index (χ2v) is 6.92. The lowest BCUT2D eigenvalue weighted by Gasteiger charge is -2.39. The number of likely N-dealkylation sites (N-methyl/N-ethyl adjacent to an activating group) is 1. The molecule has 0 amide bonds. The van der Waals surface area contributed by atoms with E-state index in [1.165, 1.54) is 17.7 Å². The molecule has 1 atom stereocenters. The number of aromatic nitrogens is 2. The van der Waals surface area contributed by atoms with Crippen molar-refractivity contribution in [3.05, 3.63) is 47.0 Å². The third-order valence-electron chi connectivity index (χ3n) is 5.22. The van der Waals surface area contributed by atoms with Gasteiger partial charge in [-0.05, 0) is 51.6 Å². The van der Waals surface area contributed by atoms with Crippen molar-refractivity contribution in [1.29, 1.82) is 0 Å². The number of benzene rings is 1. The highest BCUT2D eigenvalue weighted by molar-refractivity contribution is 5.37. The van der Waals surface area contributed by atoms with E-state index < -0.39 is 0 Å². The van der Waals surface area contributed by atoms with E-state index in [0.29, 0.717) is 6.04 Å². The van der Waals surface area contributed by atoms with Crippen LogP contribution in [0.2, 0.25) is 0 Å². The molecule has 0 unspecified atom stereocenters. The third-order valence-corrected chi connectivity index (χ3v) is 5.22. The molecule has 1 aromatic heterocycles. The summed E-state index contributed by atoms with van der Waals surface area (Å²) in [6, 6.07) is 6.83. The smallest absolute Gasteiger partial charge is 0.123 e. The topological polar surface area (TPSA) is 44.5 Å². The molecule has 0 aliphatic carbocycles. The van der Waals surface area contributed by atoms with Gasteiger partial charge < -0.3 is 10.0 Å². The molecule has 3 rings (SSSR count). The number of nitrogens with zero attached hydrogens (tertiary/aromatic N) is 4. The Morgan fingerprint density at radius 2 is 1.92 bits per heavy atom. The summed E-state index contributed by atoms with van der Waals surface area (Å²) in [5.74, 6) is -0.238. The van der Waals surface area contributed by atoms with Crippen LogP contribution in [0.25, 0.3) is 5.69 Å². The summed E-state index contributed by atoms with van der Waals surface area (Å²) < 4.78 is 15.1. The minimum atomic E-state index is -0.238. The van der Waals surface area contributed by atoms with Crippen LogP contribution in [0, 0.1) is 19.7 Å². The van der Waals surface area contributed by atoms with Gasteiger partial charge in [-0.25, -0.2) is 9.07 Å². The molecular weight excluding hydrogens is 319 g/mol. The maximum Gasteiger partial charge on any atom is 0.123 e. The number of aliphatic hydroxyl groups excluding tert-OH is 1. The van der Waals surface area contributed by atoms with Crippen molar-refractivity contribution in [3.63, 3.8) is 0 Å². The Hall–Kier alpha value is -1.76. The summed E-state index contributed by atoms with van der Waals surface area (Å²) in [5, 5.41) is 13.9. The van der Waals surface area contributed by atoms with Gasteiger partial charge in [0.05, 0.1) is 11.4 Å². The van der Waals surface area contributed by atoms with Crippen LogP contribution in [0.5, 0.6) is 0 Å². The molecule has 1 N–H and O–H groups in total. The maximum absolute atomic E-state index is 13.2. The Kier molecular flexibility index (Phi) is 5.51. The summed E-state index contributed by atoms with van der Waals surface area (Å²) >= 11 is 0. The van der Waals surface area contributed by atoms with Gasteiger partial charge in [-0.15, -0.1) is 0 Å². The third kappa shape index (κ3) is 3.92. The number of hydrogen-bond donors (Lipinski definition) is 1. The van der Waals surface area contributed by atoms with Gasteiger partial charge in [0.15, 0.2) is 0 Å². The van der Waals surface area contributed by atoms with Crippen LogP contribution in [0.4, 0.5) is 4.39 Å². The quantitative estimate of drug-likeness (QED) is 0.901. The normalized spacial score (nSPS) is 19.5. The first-order valence-electron chi connectivity index (χ1n) is 8.84. The summed E-state index contributed by atoms with van der Waals surface area (Å²) in [6.07, 6.45) is 0.805. The van der Waals surface area contributed by atoms with E-state index >= 15 is 0 Å². The lowest BCUT2D eigenvalue weighted by Crippen LogP contribution is -2.51. The van der Waals surface area contributed by atoms with Crippen LogP contribution in [-0.2, 0) is 6.54 Å². The van der Waals surface area contributed by atoms with E-state index in [1.807, 2.05) is 11.6 Å². The predicted octanol–water partition coefficient (Wildman–Crippen LogP) is 2.13. The highest BCUT2D eigenvalue weighted by Gasteiger charge is 2.25. The highest BCUT2D eigenvalue weighted by Crippen LogP contribution is 2.21. The van der Waals surface area contributed by atoms with Gasteiger partial charge in [0.2, 0.25) is 0 Å². The van der Waals surface area contributed by atoms with Crippen LogP contribution in [0.1, 0.15) is 23.4 Å². The first-order chi connectivity index (χ1) is 12.0. The average molecular weight is 346 g/mol. The summed E-state index contributed by atoms with van der Waals surface area (Å²) in [4.78, 5) is 4.76. The molecule has 0 radical (unpaired) electrons. The van der Waals surface area contributed by atoms with E-state index in [1.54, 1.807) is 12.1 Å². The first kappa shape index (κ1) is 18.0. The molecule has 0 bridgehead atoms. The first-order valence-corrected chi connectivity index (χ1v) is 8.84. The fourth-order valence-electron chi connectivity index (χ4n) is 3.58. The van der Waals surface area contributed by atoms with Crippen molar-refractivity contribution in [3.8, 4) is 5.69 Å². The molecule has 2 aromatic rings. The van der Waals surface area contributed by atoms with E-state index in [-0.39, 0.29) is 12.4 Å². The van der Waals surface area contributed by atoms with E-state index in [2.05, 4.69) is 28.9 Å². The Balaban J connectivity index is 1.78. The minimum Gasteiger partial charge on any atom is -0.396 e. The number of halogens is 1. The number of hydrogen-bond acceptors (Lipinski definition) is 4. The van der Waals surface area contributed by atoms with Crippen molar-refractivity contribution in [2.24, 2.45) is 0 Å². The molecule has 1 fully saturated rings. The molecule has 6 heteroatoms. The lowest BCUT2D eigenvalue weighted by molar-refractivity contribution is 0.0741. The van der Waals surface area contributed by atoms with Gasteiger partial charge in [0.25, 0.3) is 0 Å². The zero-order chi connectivity index (χ0) is 18.0. The number of rotatable bonds is 5. The Bertz CT molecular complexity index is 713. The van der Waals surface area contributed by atoms with Crippen molar-refractivity contribution in [2.75, 3.05) is 33.3 Å². The summed E-state index contributed by atoms with van der Waals surface area (Å²) in [6.45, 7) is 8.16. The van der Waals surface area contributed by atoms with Crippen molar-refractivity contribution >= 4 is 0 Å². The molecule has 5 nitrogen and oxygen atoms in total. The highest BCUT2D eigenvalue weighted by atomic mass is 19.1. The van der Waals surface area contributed by atoms with Gasteiger partial charge in [-0.1, -0.05) is 0 Å². The molecule has 0 spiro atoms. The van der Waals surface area contributed by atoms with Gasteiger partial charge in [-0.3, -0.25) is 4.90 Å². The van der Waals surface area contributed by atoms with Gasteiger partial charge >= 0.3 is 0 Å². The molecule has 1 saturated heterocycles. The summed E-state index contributed by atoms with van der Waals surface area (Å²) in [7, 11) is 2.13. The Morgan fingerprint density at radius 1 is 1.20 bits per heavy atom. The van der Waals surface area contributed by atoms with Crippen LogP contribution in [-0.4, -0.2) is 64.0 Å². The van der Waals surface area contributed by atoms with Gasteiger partial charge in [0, 0.05) is 50.1 Å². The van der Waals surface area contributed by atoms with Crippen molar-refractivity contribution in [1.82, 2.24) is 19.6 Å². The Labute approximate surface area is 148 Å². The molecule has 1 aromatic carbocycles. The zero-order valence-electron chi connectivity index (χ0n) is 15.2. The number of aliphatic hydroxyl groups is 1. The predicted molar refractivity (Wildman–Crippen MR) is 96.4 cm³/mol. The largest absolute Gasteiger partial charge is 0.396 e. The van der Waals surface area contributed by atoms with Gasteiger partial charge in [0.1, 0.15) is 5.82 Å². The van der Waals surface area contributed by atoms with Crippen LogP contribution in [0.3, 0.4) is 0 Å². The van der Waals surface area contributed by atoms with Crippen LogP contribution in [0.15, 0.2) is 24.3 Å². The molecule has 0 saturated carbocycles. The van der Waals surface area contributed by atoms with E-state index in [9.17, 15) is 9.50 Å². The lowest BCUT2D eigenvalue weighted by atomic mass is 10.1. The van der Waals surface area contributed by atoms with Crippen molar-refractivity contribution in [2.45, 2.75) is 32.9 Å². The molecule has 1 aliphatic rings. The number of piperazine rings is 1. The number of aryl methyl sites for hydroxylation is 1. The molecule has 2 heterocycles. The molecule has 1 aliphatic heterocycles. The summed E-state index contributed by atoms with van der Waals surface area (Å²) in [5.41, 5.74) is 4.22. The van der Waals surface area contributed by atoms with E-state index in [0.717, 1.165) is 49.7 Å². The fourth-order valence-corrected chi connectivity index (χ4v) is 3.58. The zero-order valence-corrected chi connectivity index (χ0v) is 15.2. The SMILES string of the molecule is Cc1nn(-c2ccc(F)cc2)c(C)c1CN1CCN(C)[C@H](CCO)C1. The van der Waals surface area contributed by atoms with Crippen LogP contribution < -0.4 is 0 Å². The van der Waals surface area contributed by atoms with Crippen molar-refractivity contribution < 1.29 is 9.50 Å².